The summed E-state index contributed by atoms with van der Waals surface area (Å²) in [4.78, 5) is 0. The Bertz CT molecular complexity index is 719. The normalized spacial score (nSPS) is 25.9. The Balaban J connectivity index is 1.65. The van der Waals surface area contributed by atoms with E-state index < -0.39 is 12.2 Å². The minimum absolute atomic E-state index is 0.0529. The Hall–Kier alpha value is -2.02. The van der Waals surface area contributed by atoms with Gasteiger partial charge in [0.25, 0.3) is 0 Å². The lowest BCUT2D eigenvalue weighted by atomic mass is 10.0. The van der Waals surface area contributed by atoms with Crippen LogP contribution in [0.3, 0.4) is 0 Å². The first-order chi connectivity index (χ1) is 14.3. The minimum Gasteiger partial charge on any atom is -0.396 e. The molecule has 5 heteroatoms. The van der Waals surface area contributed by atoms with Crippen LogP contribution in [0.5, 0.6) is 0 Å². The number of hydrogen-bond acceptors (Lipinski definition) is 5. The summed E-state index contributed by atoms with van der Waals surface area (Å²) >= 11 is 0. The van der Waals surface area contributed by atoms with Crippen molar-refractivity contribution in [3.05, 3.63) is 83.9 Å². The molecule has 0 aliphatic carbocycles. The molecule has 0 aromatic heterocycles. The smallest absolute Gasteiger partial charge is 0.108 e. The van der Waals surface area contributed by atoms with Gasteiger partial charge in [-0.15, -0.1) is 0 Å². The predicted octanol–water partition coefficient (Wildman–Crippen LogP) is 3.25. The van der Waals surface area contributed by atoms with Gasteiger partial charge in [-0.2, -0.15) is 0 Å². The van der Waals surface area contributed by atoms with Crippen LogP contribution in [0.2, 0.25) is 0 Å². The highest BCUT2D eigenvalue weighted by atomic mass is 16.6. The number of hydrogen-bond donors (Lipinski definition) is 2. The summed E-state index contributed by atoms with van der Waals surface area (Å²) < 4.78 is 18.3. The van der Waals surface area contributed by atoms with E-state index in [2.05, 4.69) is 0 Å². The first-order valence-corrected chi connectivity index (χ1v) is 10.1. The number of rotatable bonds is 9. The Labute approximate surface area is 172 Å². The molecule has 2 N–H and O–H groups in total. The number of ether oxygens (including phenoxy) is 3. The number of aliphatic hydroxyl groups excluding tert-OH is 2. The van der Waals surface area contributed by atoms with E-state index in [1.165, 1.54) is 0 Å². The van der Waals surface area contributed by atoms with Crippen LogP contribution in [-0.4, -0.2) is 47.8 Å². The van der Waals surface area contributed by atoms with E-state index >= 15 is 0 Å². The van der Waals surface area contributed by atoms with Crippen molar-refractivity contribution in [3.8, 4) is 0 Å². The van der Waals surface area contributed by atoms with Crippen LogP contribution >= 0.6 is 0 Å². The second kappa shape index (κ2) is 11.9. The van der Waals surface area contributed by atoms with E-state index in [0.717, 1.165) is 11.1 Å². The fourth-order valence-corrected chi connectivity index (χ4v) is 3.35. The standard InChI is InChI=1S/C24H30O5/c25-15-14-22-21(26)12-7-13-23(28-17-20-10-5-2-6-11-20)24(29-22)18-27-16-19-8-3-1-4-9-19/h1-12,21-26H,13-18H2/b12-7-/t21-,22+,23+,24-/m0/s1. The highest BCUT2D eigenvalue weighted by Crippen LogP contribution is 2.21. The summed E-state index contributed by atoms with van der Waals surface area (Å²) in [5.74, 6) is 0. The molecule has 2 aromatic rings. The highest BCUT2D eigenvalue weighted by molar-refractivity contribution is 5.14. The van der Waals surface area contributed by atoms with E-state index in [4.69, 9.17) is 14.2 Å². The molecule has 0 fully saturated rings. The third-order valence-electron chi connectivity index (χ3n) is 4.96. The molecule has 0 bridgehead atoms. The van der Waals surface area contributed by atoms with E-state index in [9.17, 15) is 10.2 Å². The van der Waals surface area contributed by atoms with E-state index in [-0.39, 0.29) is 18.8 Å². The quantitative estimate of drug-likeness (QED) is 0.635. The van der Waals surface area contributed by atoms with Crippen molar-refractivity contribution in [1.29, 1.82) is 0 Å². The van der Waals surface area contributed by atoms with Crippen molar-refractivity contribution < 1.29 is 24.4 Å². The molecule has 156 valence electrons. The Morgan fingerprint density at radius 1 is 0.897 bits per heavy atom. The van der Waals surface area contributed by atoms with Crippen molar-refractivity contribution in [1.82, 2.24) is 0 Å². The molecular weight excluding hydrogens is 368 g/mol. The number of aliphatic hydroxyl groups is 2. The SMILES string of the molecule is OCC[C@H]1O[C@@H](COCc2ccccc2)[C@H](OCc2ccccc2)C/C=C\[C@@H]1O. The van der Waals surface area contributed by atoms with Crippen molar-refractivity contribution in [3.63, 3.8) is 0 Å². The molecule has 5 nitrogen and oxygen atoms in total. The lowest BCUT2D eigenvalue weighted by Gasteiger charge is -2.33. The van der Waals surface area contributed by atoms with Crippen molar-refractivity contribution >= 4 is 0 Å². The monoisotopic (exact) mass is 398 g/mol. The zero-order valence-corrected chi connectivity index (χ0v) is 16.6. The molecule has 1 aliphatic heterocycles. The molecule has 4 atom stereocenters. The van der Waals surface area contributed by atoms with Gasteiger partial charge in [-0.25, -0.2) is 0 Å². The van der Waals surface area contributed by atoms with E-state index in [0.29, 0.717) is 32.7 Å². The van der Waals surface area contributed by atoms with E-state index in [1.54, 1.807) is 6.08 Å². The summed E-state index contributed by atoms with van der Waals surface area (Å²) in [6.45, 7) is 1.25. The Morgan fingerprint density at radius 3 is 2.21 bits per heavy atom. The second-order valence-electron chi connectivity index (χ2n) is 7.22. The molecule has 0 saturated heterocycles. The molecule has 0 spiro atoms. The molecule has 1 heterocycles. The van der Waals surface area contributed by atoms with Gasteiger partial charge in [-0.05, 0) is 24.0 Å². The summed E-state index contributed by atoms with van der Waals surface area (Å²) in [5, 5.41) is 19.7. The Kier molecular flexibility index (Phi) is 8.86. The Morgan fingerprint density at radius 2 is 1.55 bits per heavy atom. The fraction of sp³-hybridized carbons (Fsp3) is 0.417. The van der Waals surface area contributed by atoms with Crippen LogP contribution in [0, 0.1) is 0 Å². The highest BCUT2D eigenvalue weighted by Gasteiger charge is 2.30. The van der Waals surface area contributed by atoms with Gasteiger partial charge in [0.1, 0.15) is 6.10 Å². The molecule has 1 aliphatic rings. The summed E-state index contributed by atoms with van der Waals surface area (Å²) in [5.41, 5.74) is 2.18. The van der Waals surface area contributed by atoms with Crippen LogP contribution in [0.15, 0.2) is 72.8 Å². The van der Waals surface area contributed by atoms with Crippen LogP contribution in [0.4, 0.5) is 0 Å². The lowest BCUT2D eigenvalue weighted by Crippen LogP contribution is -2.43. The maximum absolute atomic E-state index is 10.3. The van der Waals surface area contributed by atoms with Crippen LogP contribution in [0.1, 0.15) is 24.0 Å². The zero-order chi connectivity index (χ0) is 20.3. The maximum atomic E-state index is 10.3. The fourth-order valence-electron chi connectivity index (χ4n) is 3.35. The summed E-state index contributed by atoms with van der Waals surface area (Å²) in [7, 11) is 0. The predicted molar refractivity (Wildman–Crippen MR) is 111 cm³/mol. The van der Waals surface area contributed by atoms with Crippen LogP contribution in [-0.2, 0) is 27.4 Å². The van der Waals surface area contributed by atoms with Gasteiger partial charge in [-0.3, -0.25) is 0 Å². The van der Waals surface area contributed by atoms with Gasteiger partial charge >= 0.3 is 0 Å². The van der Waals surface area contributed by atoms with E-state index in [1.807, 2.05) is 66.7 Å². The third-order valence-corrected chi connectivity index (χ3v) is 4.96. The topological polar surface area (TPSA) is 68.2 Å². The van der Waals surface area contributed by atoms with Gasteiger partial charge < -0.3 is 24.4 Å². The molecular formula is C24H30O5. The molecule has 2 aromatic carbocycles. The van der Waals surface area contributed by atoms with Gasteiger partial charge in [0.05, 0.1) is 38.1 Å². The largest absolute Gasteiger partial charge is 0.396 e. The van der Waals surface area contributed by atoms with Crippen LogP contribution in [0.25, 0.3) is 0 Å². The lowest BCUT2D eigenvalue weighted by molar-refractivity contribution is -0.156. The van der Waals surface area contributed by atoms with Crippen LogP contribution < -0.4 is 0 Å². The van der Waals surface area contributed by atoms with Crippen molar-refractivity contribution in [2.45, 2.75) is 50.5 Å². The third kappa shape index (κ3) is 7.07. The maximum Gasteiger partial charge on any atom is 0.108 e. The van der Waals surface area contributed by atoms with Gasteiger partial charge in [0.2, 0.25) is 0 Å². The molecule has 0 amide bonds. The first-order valence-electron chi connectivity index (χ1n) is 10.1. The molecule has 0 saturated carbocycles. The molecule has 0 unspecified atom stereocenters. The summed E-state index contributed by atoms with van der Waals surface area (Å²) in [6.07, 6.45) is 2.81. The zero-order valence-electron chi connectivity index (χ0n) is 16.6. The van der Waals surface area contributed by atoms with Gasteiger partial charge in [-0.1, -0.05) is 72.8 Å². The van der Waals surface area contributed by atoms with Crippen molar-refractivity contribution in [2.75, 3.05) is 13.2 Å². The number of benzene rings is 2. The summed E-state index contributed by atoms with van der Waals surface area (Å²) in [6, 6.07) is 20.0. The first kappa shape index (κ1) is 21.7. The molecule has 3 rings (SSSR count). The second-order valence-corrected chi connectivity index (χ2v) is 7.22. The average Bonchev–Trinajstić information content (AvgIpc) is 2.75. The molecule has 0 radical (unpaired) electrons. The molecule has 29 heavy (non-hydrogen) atoms. The van der Waals surface area contributed by atoms with Gasteiger partial charge in [0.15, 0.2) is 0 Å². The average molecular weight is 398 g/mol. The minimum atomic E-state index is -0.756. The van der Waals surface area contributed by atoms with Gasteiger partial charge in [0, 0.05) is 6.61 Å². The van der Waals surface area contributed by atoms with Crippen molar-refractivity contribution in [2.24, 2.45) is 0 Å².